The zero-order valence-corrected chi connectivity index (χ0v) is 13.7. The van der Waals surface area contributed by atoms with Crippen molar-refractivity contribution in [2.75, 3.05) is 13.1 Å². The van der Waals surface area contributed by atoms with Crippen LogP contribution in [0.15, 0.2) is 24.3 Å². The number of aryl methyl sites for hydroxylation is 1. The molecule has 1 amide bonds. The summed E-state index contributed by atoms with van der Waals surface area (Å²) in [6.07, 6.45) is 8.63. The number of carbonyl (C=O) groups excluding carboxylic acids is 1. The Labute approximate surface area is 134 Å². The summed E-state index contributed by atoms with van der Waals surface area (Å²) in [7, 11) is 0. The van der Waals surface area contributed by atoms with E-state index in [1.807, 2.05) is 0 Å². The standard InChI is InChI=1S/C19H28N2O/c1-15-9-11-16(12-10-15)18(21-13-5-2-6-14-21)19(22)20-17-7-3-4-8-17/h9-12,17-18H,2-8,13-14H2,1H3,(H,20,22)/p+1. The molecule has 3 heteroatoms. The number of nitrogens with one attached hydrogen (secondary N) is 2. The monoisotopic (exact) mass is 301 g/mol. The van der Waals surface area contributed by atoms with Crippen molar-refractivity contribution in [3.8, 4) is 0 Å². The Hall–Kier alpha value is -1.35. The zero-order chi connectivity index (χ0) is 15.4. The van der Waals surface area contributed by atoms with Crippen LogP contribution in [0.1, 0.15) is 62.1 Å². The minimum Gasteiger partial charge on any atom is -0.348 e. The number of hydrogen-bond donors (Lipinski definition) is 2. The van der Waals surface area contributed by atoms with Gasteiger partial charge in [0.15, 0.2) is 6.04 Å². The van der Waals surface area contributed by atoms with Gasteiger partial charge in [-0.3, -0.25) is 4.79 Å². The highest BCUT2D eigenvalue weighted by Crippen LogP contribution is 2.19. The minimum absolute atomic E-state index is 0.0264. The van der Waals surface area contributed by atoms with Crippen LogP contribution >= 0.6 is 0 Å². The summed E-state index contributed by atoms with van der Waals surface area (Å²) >= 11 is 0. The molecule has 0 bridgehead atoms. The van der Waals surface area contributed by atoms with Crippen LogP contribution in [-0.2, 0) is 4.79 Å². The van der Waals surface area contributed by atoms with E-state index in [2.05, 4.69) is 36.5 Å². The lowest BCUT2D eigenvalue weighted by atomic mass is 9.99. The van der Waals surface area contributed by atoms with Crippen molar-refractivity contribution in [2.24, 2.45) is 0 Å². The molecule has 0 aromatic heterocycles. The molecule has 1 aliphatic heterocycles. The van der Waals surface area contributed by atoms with Crippen molar-refractivity contribution >= 4 is 5.91 Å². The van der Waals surface area contributed by atoms with Crippen LogP contribution in [0.3, 0.4) is 0 Å². The second-order valence-corrected chi connectivity index (χ2v) is 7.05. The van der Waals surface area contributed by atoms with Crippen LogP contribution in [0, 0.1) is 6.92 Å². The Balaban J connectivity index is 1.77. The van der Waals surface area contributed by atoms with Gasteiger partial charge in [0.1, 0.15) is 0 Å². The van der Waals surface area contributed by atoms with Crippen LogP contribution in [0.25, 0.3) is 0 Å². The quantitative estimate of drug-likeness (QED) is 0.878. The van der Waals surface area contributed by atoms with Gasteiger partial charge < -0.3 is 10.2 Å². The second-order valence-electron chi connectivity index (χ2n) is 7.05. The molecule has 1 aromatic carbocycles. The minimum atomic E-state index is -0.0264. The van der Waals surface area contributed by atoms with Crippen LogP contribution in [0.4, 0.5) is 0 Å². The molecule has 22 heavy (non-hydrogen) atoms. The van der Waals surface area contributed by atoms with Gasteiger partial charge in [-0.2, -0.15) is 0 Å². The van der Waals surface area contributed by atoms with Crippen molar-refractivity contribution in [3.05, 3.63) is 35.4 Å². The number of rotatable bonds is 4. The fourth-order valence-electron chi connectivity index (χ4n) is 3.98. The molecule has 0 spiro atoms. The highest BCUT2D eigenvalue weighted by Gasteiger charge is 2.33. The number of quaternary nitrogens is 1. The van der Waals surface area contributed by atoms with Gasteiger partial charge in [-0.1, -0.05) is 42.7 Å². The highest BCUT2D eigenvalue weighted by molar-refractivity contribution is 5.82. The number of benzene rings is 1. The number of amides is 1. The molecule has 2 N–H and O–H groups in total. The van der Waals surface area contributed by atoms with Gasteiger partial charge in [-0.25, -0.2) is 0 Å². The summed E-state index contributed by atoms with van der Waals surface area (Å²) in [5.41, 5.74) is 2.44. The molecule has 2 fully saturated rings. The van der Waals surface area contributed by atoms with E-state index in [9.17, 15) is 4.79 Å². The molecule has 1 atom stereocenters. The first kappa shape index (κ1) is 15.5. The fourth-order valence-corrected chi connectivity index (χ4v) is 3.98. The SMILES string of the molecule is Cc1ccc(C(C(=O)NC2CCCC2)[NH+]2CCCCC2)cc1. The Morgan fingerprint density at radius 2 is 1.68 bits per heavy atom. The van der Waals surface area contributed by atoms with E-state index < -0.39 is 0 Å². The molecule has 3 rings (SSSR count). The molecule has 1 aliphatic carbocycles. The van der Waals surface area contributed by atoms with E-state index in [-0.39, 0.29) is 11.9 Å². The first-order valence-electron chi connectivity index (χ1n) is 8.95. The van der Waals surface area contributed by atoms with Crippen molar-refractivity contribution < 1.29 is 9.69 Å². The Morgan fingerprint density at radius 3 is 2.32 bits per heavy atom. The third-order valence-electron chi connectivity index (χ3n) is 5.28. The zero-order valence-electron chi connectivity index (χ0n) is 13.7. The smallest absolute Gasteiger partial charge is 0.283 e. The van der Waals surface area contributed by atoms with E-state index in [4.69, 9.17) is 0 Å². The summed E-state index contributed by atoms with van der Waals surface area (Å²) in [6, 6.07) is 8.94. The molecular formula is C19H29N2O+. The molecule has 1 unspecified atom stereocenters. The summed E-state index contributed by atoms with van der Waals surface area (Å²) in [5, 5.41) is 3.33. The first-order chi connectivity index (χ1) is 10.7. The molecular weight excluding hydrogens is 272 g/mol. The molecule has 1 saturated heterocycles. The van der Waals surface area contributed by atoms with Crippen LogP contribution in [0.5, 0.6) is 0 Å². The highest BCUT2D eigenvalue weighted by atomic mass is 16.2. The van der Waals surface area contributed by atoms with Gasteiger partial charge in [0.25, 0.3) is 5.91 Å². The lowest BCUT2D eigenvalue weighted by Gasteiger charge is -2.31. The van der Waals surface area contributed by atoms with E-state index in [0.717, 1.165) is 25.9 Å². The van der Waals surface area contributed by atoms with Crippen LogP contribution < -0.4 is 10.2 Å². The molecule has 1 aromatic rings. The predicted molar refractivity (Wildman–Crippen MR) is 88.9 cm³/mol. The molecule has 3 nitrogen and oxygen atoms in total. The van der Waals surface area contributed by atoms with Crippen molar-refractivity contribution in [2.45, 2.75) is 64.0 Å². The Morgan fingerprint density at radius 1 is 1.05 bits per heavy atom. The lowest BCUT2D eigenvalue weighted by molar-refractivity contribution is -0.926. The summed E-state index contributed by atoms with van der Waals surface area (Å²) in [6.45, 7) is 4.35. The molecule has 2 aliphatic rings. The van der Waals surface area contributed by atoms with Crippen molar-refractivity contribution in [3.63, 3.8) is 0 Å². The molecule has 1 saturated carbocycles. The van der Waals surface area contributed by atoms with Crippen molar-refractivity contribution in [1.29, 1.82) is 0 Å². The summed E-state index contributed by atoms with van der Waals surface area (Å²) in [5.74, 6) is 0.243. The van der Waals surface area contributed by atoms with E-state index in [1.165, 1.54) is 48.1 Å². The van der Waals surface area contributed by atoms with E-state index in [0.29, 0.717) is 6.04 Å². The van der Waals surface area contributed by atoms with Crippen molar-refractivity contribution in [1.82, 2.24) is 5.32 Å². The third-order valence-corrected chi connectivity index (χ3v) is 5.28. The Kier molecular flexibility index (Phi) is 5.14. The maximum Gasteiger partial charge on any atom is 0.283 e. The molecule has 1 heterocycles. The van der Waals surface area contributed by atoms with Gasteiger partial charge in [-0.15, -0.1) is 0 Å². The number of likely N-dealkylation sites (tertiary alicyclic amines) is 1. The maximum atomic E-state index is 13.0. The van der Waals surface area contributed by atoms with E-state index in [1.54, 1.807) is 0 Å². The third kappa shape index (κ3) is 3.70. The Bertz CT molecular complexity index is 485. The number of carbonyl (C=O) groups is 1. The summed E-state index contributed by atoms with van der Waals surface area (Å²) < 4.78 is 0. The predicted octanol–water partition coefficient (Wildman–Crippen LogP) is 2.16. The van der Waals surface area contributed by atoms with Gasteiger partial charge in [0, 0.05) is 11.6 Å². The van der Waals surface area contributed by atoms with Gasteiger partial charge in [-0.05, 0) is 39.0 Å². The van der Waals surface area contributed by atoms with Crippen LogP contribution in [-0.4, -0.2) is 25.0 Å². The molecule has 0 radical (unpaired) electrons. The number of piperidine rings is 1. The fraction of sp³-hybridized carbons (Fsp3) is 0.632. The van der Waals surface area contributed by atoms with Gasteiger partial charge in [0.05, 0.1) is 13.1 Å². The van der Waals surface area contributed by atoms with Crippen LogP contribution in [0.2, 0.25) is 0 Å². The first-order valence-corrected chi connectivity index (χ1v) is 8.95. The molecule has 120 valence electrons. The largest absolute Gasteiger partial charge is 0.348 e. The summed E-state index contributed by atoms with van der Waals surface area (Å²) in [4.78, 5) is 14.4. The topological polar surface area (TPSA) is 33.5 Å². The van der Waals surface area contributed by atoms with Gasteiger partial charge >= 0.3 is 0 Å². The van der Waals surface area contributed by atoms with Gasteiger partial charge in [0.2, 0.25) is 0 Å². The average molecular weight is 301 g/mol. The number of hydrogen-bond acceptors (Lipinski definition) is 1. The lowest BCUT2D eigenvalue weighted by Crippen LogP contribution is -3.14. The van der Waals surface area contributed by atoms with E-state index >= 15 is 0 Å². The second kappa shape index (κ2) is 7.28. The average Bonchev–Trinajstić information content (AvgIpc) is 3.03. The normalized spacial score (nSPS) is 21.7. The maximum absolute atomic E-state index is 13.0.